The lowest BCUT2D eigenvalue weighted by Crippen LogP contribution is -2.35. The molecule has 1 aromatic carbocycles. The molecule has 0 radical (unpaired) electrons. The first-order valence-electron chi connectivity index (χ1n) is 5.78. The summed E-state index contributed by atoms with van der Waals surface area (Å²) in [6.07, 6.45) is 0.00569. The summed E-state index contributed by atoms with van der Waals surface area (Å²) < 4.78 is 7.84. The Balaban J connectivity index is 2.10. The van der Waals surface area contributed by atoms with Crippen LogP contribution in [0.25, 0.3) is 10.9 Å². The van der Waals surface area contributed by atoms with Gasteiger partial charge >= 0.3 is 0 Å². The van der Waals surface area contributed by atoms with Crippen molar-refractivity contribution < 1.29 is 4.74 Å². The van der Waals surface area contributed by atoms with E-state index in [9.17, 15) is 0 Å². The molecule has 0 saturated heterocycles. The van der Waals surface area contributed by atoms with Gasteiger partial charge in [0.25, 0.3) is 0 Å². The van der Waals surface area contributed by atoms with Crippen LogP contribution in [0.5, 0.6) is 0 Å². The average Bonchev–Trinajstić information content (AvgIpc) is 2.67. The fraction of sp³-hybridized carbons (Fsp3) is 0.417. The maximum absolute atomic E-state index is 5.80. The number of likely N-dealkylation sites (N-methyl/N-ethyl adjacent to an activating group) is 1. The van der Waals surface area contributed by atoms with Crippen LogP contribution >= 0.6 is 0 Å². The summed E-state index contributed by atoms with van der Waals surface area (Å²) in [6, 6.07) is 8.16. The van der Waals surface area contributed by atoms with Gasteiger partial charge in [0.1, 0.15) is 6.10 Å². The summed E-state index contributed by atoms with van der Waals surface area (Å²) in [5.41, 5.74) is 2.17. The largest absolute Gasteiger partial charge is 0.369 e. The van der Waals surface area contributed by atoms with Crippen LogP contribution in [0.4, 0.5) is 0 Å². The van der Waals surface area contributed by atoms with Crippen LogP contribution in [0, 0.1) is 0 Å². The Labute approximate surface area is 99.7 Å². The van der Waals surface area contributed by atoms with Crippen LogP contribution in [0.15, 0.2) is 24.3 Å². The van der Waals surface area contributed by atoms with Crippen molar-refractivity contribution in [3.05, 3.63) is 30.0 Å². The third kappa shape index (κ3) is 1.82. The number of ether oxygens (including phenoxy) is 1. The van der Waals surface area contributed by atoms with Gasteiger partial charge in [-0.15, -0.1) is 0 Å². The Kier molecular flexibility index (Phi) is 2.58. The number of hydrogen-bond acceptors (Lipinski definition) is 4. The van der Waals surface area contributed by atoms with Crippen LogP contribution < -0.4 is 5.84 Å². The molecule has 1 aliphatic rings. The number of rotatable bonds is 2. The molecule has 2 aromatic rings. The number of hydrogen-bond donors (Lipinski definition) is 1. The SMILES string of the molecule is CN(N)C[C@@H]1OCCn2nc3ccccc3c21. The molecule has 2 N–H and O–H groups in total. The number of fused-ring (bicyclic) bond motifs is 3. The van der Waals surface area contributed by atoms with Crippen molar-refractivity contribution in [1.29, 1.82) is 0 Å². The molecule has 1 atom stereocenters. The van der Waals surface area contributed by atoms with E-state index in [1.165, 1.54) is 5.39 Å². The normalized spacial score (nSPS) is 19.8. The zero-order valence-electron chi connectivity index (χ0n) is 9.84. The van der Waals surface area contributed by atoms with E-state index < -0.39 is 0 Å². The molecule has 3 rings (SSSR count). The second-order valence-electron chi connectivity index (χ2n) is 4.42. The molecule has 0 fully saturated rings. The van der Waals surface area contributed by atoms with E-state index in [4.69, 9.17) is 10.6 Å². The summed E-state index contributed by atoms with van der Waals surface area (Å²) in [5, 5.41) is 7.41. The lowest BCUT2D eigenvalue weighted by molar-refractivity contribution is -0.000307. The van der Waals surface area contributed by atoms with Crippen LogP contribution in [0.2, 0.25) is 0 Å². The Morgan fingerprint density at radius 1 is 1.53 bits per heavy atom. The molecule has 0 unspecified atom stereocenters. The molecule has 5 nitrogen and oxygen atoms in total. The third-order valence-corrected chi connectivity index (χ3v) is 3.07. The van der Waals surface area contributed by atoms with Crippen molar-refractivity contribution in [3.8, 4) is 0 Å². The topological polar surface area (TPSA) is 56.3 Å². The maximum Gasteiger partial charge on any atom is 0.114 e. The number of hydrazine groups is 1. The standard InChI is InChI=1S/C12H16N4O/c1-15(13)8-11-12-9-4-2-3-5-10(9)14-16(12)6-7-17-11/h2-5,11H,6-8,13H2,1H3/t11-/m0/s1. The molecule has 0 spiro atoms. The zero-order chi connectivity index (χ0) is 11.8. The summed E-state index contributed by atoms with van der Waals surface area (Å²) in [7, 11) is 1.85. The quantitative estimate of drug-likeness (QED) is 0.617. The Morgan fingerprint density at radius 3 is 3.18 bits per heavy atom. The van der Waals surface area contributed by atoms with Crippen molar-refractivity contribution in [3.63, 3.8) is 0 Å². The summed E-state index contributed by atoms with van der Waals surface area (Å²) in [6.45, 7) is 2.18. The highest BCUT2D eigenvalue weighted by Crippen LogP contribution is 2.29. The first kappa shape index (κ1) is 10.7. The Morgan fingerprint density at radius 2 is 2.35 bits per heavy atom. The van der Waals surface area contributed by atoms with E-state index in [-0.39, 0.29) is 6.10 Å². The Bertz CT molecular complexity index is 534. The van der Waals surface area contributed by atoms with Crippen LogP contribution in [0.1, 0.15) is 11.8 Å². The minimum Gasteiger partial charge on any atom is -0.369 e. The van der Waals surface area contributed by atoms with E-state index in [0.717, 1.165) is 17.8 Å². The van der Waals surface area contributed by atoms with Crippen LogP contribution in [0.3, 0.4) is 0 Å². The molecule has 1 aromatic heterocycles. The second-order valence-corrected chi connectivity index (χ2v) is 4.42. The fourth-order valence-corrected chi connectivity index (χ4v) is 2.37. The van der Waals surface area contributed by atoms with E-state index >= 15 is 0 Å². The number of nitrogens with zero attached hydrogens (tertiary/aromatic N) is 3. The van der Waals surface area contributed by atoms with Gasteiger partial charge in [0.2, 0.25) is 0 Å². The fourth-order valence-electron chi connectivity index (χ4n) is 2.37. The lowest BCUT2D eigenvalue weighted by atomic mass is 10.1. The maximum atomic E-state index is 5.80. The monoisotopic (exact) mass is 232 g/mol. The van der Waals surface area contributed by atoms with Gasteiger partial charge in [0, 0.05) is 19.0 Å². The highest BCUT2D eigenvalue weighted by atomic mass is 16.5. The molecule has 0 saturated carbocycles. The van der Waals surface area contributed by atoms with Gasteiger partial charge in [0.05, 0.1) is 24.4 Å². The molecule has 1 aliphatic heterocycles. The van der Waals surface area contributed by atoms with Crippen molar-refractivity contribution >= 4 is 10.9 Å². The summed E-state index contributed by atoms with van der Waals surface area (Å²) in [5.74, 6) is 5.72. The smallest absolute Gasteiger partial charge is 0.114 e. The second kappa shape index (κ2) is 4.10. The molecule has 0 amide bonds. The highest BCUT2D eigenvalue weighted by Gasteiger charge is 2.25. The van der Waals surface area contributed by atoms with Crippen molar-refractivity contribution in [1.82, 2.24) is 14.8 Å². The van der Waals surface area contributed by atoms with Gasteiger partial charge in [-0.3, -0.25) is 10.5 Å². The number of benzene rings is 1. The van der Waals surface area contributed by atoms with E-state index in [2.05, 4.69) is 11.2 Å². The predicted molar refractivity (Wildman–Crippen MR) is 65.2 cm³/mol. The van der Waals surface area contributed by atoms with E-state index in [1.54, 1.807) is 5.01 Å². The molecule has 5 heteroatoms. The average molecular weight is 232 g/mol. The van der Waals surface area contributed by atoms with Crippen molar-refractivity contribution in [2.24, 2.45) is 5.84 Å². The molecule has 90 valence electrons. The summed E-state index contributed by atoms with van der Waals surface area (Å²) >= 11 is 0. The zero-order valence-corrected chi connectivity index (χ0v) is 9.84. The molecule has 0 bridgehead atoms. The van der Waals surface area contributed by atoms with Gasteiger partial charge in [-0.2, -0.15) is 5.10 Å². The summed E-state index contributed by atoms with van der Waals surface area (Å²) in [4.78, 5) is 0. The van der Waals surface area contributed by atoms with Crippen LogP contribution in [-0.2, 0) is 11.3 Å². The van der Waals surface area contributed by atoms with E-state index in [1.807, 2.05) is 29.9 Å². The van der Waals surface area contributed by atoms with E-state index in [0.29, 0.717) is 13.2 Å². The van der Waals surface area contributed by atoms with Crippen molar-refractivity contribution in [2.75, 3.05) is 20.2 Å². The van der Waals surface area contributed by atoms with Crippen molar-refractivity contribution in [2.45, 2.75) is 12.6 Å². The first-order chi connectivity index (χ1) is 8.25. The molecular weight excluding hydrogens is 216 g/mol. The third-order valence-electron chi connectivity index (χ3n) is 3.07. The van der Waals surface area contributed by atoms with Gasteiger partial charge in [-0.05, 0) is 6.07 Å². The first-order valence-corrected chi connectivity index (χ1v) is 5.78. The minimum absolute atomic E-state index is 0.00569. The number of aromatic nitrogens is 2. The highest BCUT2D eigenvalue weighted by molar-refractivity contribution is 5.82. The van der Waals surface area contributed by atoms with Gasteiger partial charge in [-0.1, -0.05) is 18.2 Å². The molecular formula is C12H16N4O. The molecule has 17 heavy (non-hydrogen) atoms. The van der Waals surface area contributed by atoms with Crippen LogP contribution in [-0.4, -0.2) is 35.0 Å². The molecule has 0 aliphatic carbocycles. The lowest BCUT2D eigenvalue weighted by Gasteiger charge is -2.26. The number of nitrogens with two attached hydrogens (primary N) is 1. The minimum atomic E-state index is 0.00569. The van der Waals surface area contributed by atoms with Gasteiger partial charge in [0.15, 0.2) is 0 Å². The van der Waals surface area contributed by atoms with Gasteiger partial charge in [-0.25, -0.2) is 5.01 Å². The van der Waals surface area contributed by atoms with Gasteiger partial charge < -0.3 is 4.74 Å². The Hall–Kier alpha value is -1.43. The molecule has 2 heterocycles. The predicted octanol–water partition coefficient (Wildman–Crippen LogP) is 0.913.